The third kappa shape index (κ3) is 3.73. The van der Waals surface area contributed by atoms with Gasteiger partial charge in [-0.2, -0.15) is 0 Å². The number of hydrogen-bond donors (Lipinski definition) is 1. The van der Waals surface area contributed by atoms with E-state index in [1.54, 1.807) is 11.3 Å². The Labute approximate surface area is 113 Å². The lowest BCUT2D eigenvalue weighted by Crippen LogP contribution is -2.28. The third-order valence-electron chi connectivity index (χ3n) is 3.35. The number of thiophene rings is 1. The van der Waals surface area contributed by atoms with Crippen molar-refractivity contribution in [3.63, 3.8) is 0 Å². The lowest BCUT2D eigenvalue weighted by molar-refractivity contribution is -0.0543. The van der Waals surface area contributed by atoms with Crippen molar-refractivity contribution in [1.82, 2.24) is 0 Å². The molecule has 0 aromatic carbocycles. The van der Waals surface area contributed by atoms with E-state index in [-0.39, 0.29) is 24.8 Å². The molecule has 0 amide bonds. The summed E-state index contributed by atoms with van der Waals surface area (Å²) in [5, 5.41) is 2.00. The minimum absolute atomic E-state index is 0.00596. The molecule has 1 aromatic rings. The number of nitrogens with two attached hydrogens (primary N) is 1. The molecule has 1 aliphatic rings. The molecule has 0 saturated heterocycles. The molecule has 0 spiro atoms. The molecule has 2 atom stereocenters. The van der Waals surface area contributed by atoms with Gasteiger partial charge in [0.25, 0.3) is 0 Å². The van der Waals surface area contributed by atoms with E-state index in [4.69, 9.17) is 5.73 Å². The second kappa shape index (κ2) is 5.33. The van der Waals surface area contributed by atoms with E-state index in [1.165, 1.54) is 0 Å². The van der Waals surface area contributed by atoms with E-state index in [0.29, 0.717) is 12.8 Å². The first-order valence-corrected chi connectivity index (χ1v) is 7.51. The smallest absolute Gasteiger partial charge is 0.248 e. The van der Waals surface area contributed by atoms with Crippen molar-refractivity contribution in [2.45, 2.75) is 44.1 Å². The molecule has 1 aliphatic carbocycles. The number of alkyl halides is 2. The average molecular weight is 324 g/mol. The lowest BCUT2D eigenvalue weighted by atomic mass is 9.82. The monoisotopic (exact) mass is 323 g/mol. The van der Waals surface area contributed by atoms with E-state index in [2.05, 4.69) is 15.9 Å². The quantitative estimate of drug-likeness (QED) is 0.855. The summed E-state index contributed by atoms with van der Waals surface area (Å²) in [5.41, 5.74) is 7.12. The minimum Gasteiger partial charge on any atom is -0.324 e. The first kappa shape index (κ1) is 13.4. The van der Waals surface area contributed by atoms with Gasteiger partial charge in [0, 0.05) is 18.9 Å². The Bertz CT molecular complexity index is 380. The van der Waals surface area contributed by atoms with Gasteiger partial charge in [0.15, 0.2) is 0 Å². The van der Waals surface area contributed by atoms with Gasteiger partial charge in [-0.05, 0) is 58.1 Å². The van der Waals surface area contributed by atoms with Crippen molar-refractivity contribution < 1.29 is 8.78 Å². The van der Waals surface area contributed by atoms with Crippen LogP contribution in [0, 0.1) is 5.92 Å². The number of rotatable bonds is 3. The van der Waals surface area contributed by atoms with Crippen molar-refractivity contribution in [3.8, 4) is 0 Å². The zero-order chi connectivity index (χ0) is 12.5. The number of hydrogen-bond acceptors (Lipinski definition) is 2. The van der Waals surface area contributed by atoms with Crippen LogP contribution in [-0.2, 0) is 0 Å². The van der Waals surface area contributed by atoms with Gasteiger partial charge in [0.2, 0.25) is 5.92 Å². The molecule has 96 valence electrons. The van der Waals surface area contributed by atoms with Crippen LogP contribution in [0.1, 0.15) is 43.7 Å². The van der Waals surface area contributed by atoms with Crippen molar-refractivity contribution in [2.24, 2.45) is 11.7 Å². The molecule has 5 heteroatoms. The highest BCUT2D eigenvalue weighted by Crippen LogP contribution is 2.40. The summed E-state index contributed by atoms with van der Waals surface area (Å²) >= 11 is 4.97. The average Bonchev–Trinajstić information content (AvgIpc) is 2.63. The first-order chi connectivity index (χ1) is 7.96. The molecular formula is C12H16BrF2NS. The summed E-state index contributed by atoms with van der Waals surface area (Å²) in [4.78, 5) is 0. The highest BCUT2D eigenvalue weighted by Gasteiger charge is 2.36. The van der Waals surface area contributed by atoms with Gasteiger partial charge in [-0.25, -0.2) is 8.78 Å². The van der Waals surface area contributed by atoms with Crippen LogP contribution in [0.15, 0.2) is 15.2 Å². The Kier molecular flexibility index (Phi) is 4.21. The summed E-state index contributed by atoms with van der Waals surface area (Å²) in [6.45, 7) is 0. The van der Waals surface area contributed by atoms with Crippen LogP contribution in [0.25, 0.3) is 0 Å². The van der Waals surface area contributed by atoms with Crippen molar-refractivity contribution >= 4 is 27.3 Å². The second-order valence-electron chi connectivity index (χ2n) is 4.84. The van der Waals surface area contributed by atoms with Gasteiger partial charge in [-0.1, -0.05) is 0 Å². The van der Waals surface area contributed by atoms with E-state index < -0.39 is 5.92 Å². The molecule has 0 radical (unpaired) electrons. The van der Waals surface area contributed by atoms with E-state index >= 15 is 0 Å². The summed E-state index contributed by atoms with van der Waals surface area (Å²) < 4.78 is 27.6. The van der Waals surface area contributed by atoms with E-state index in [0.717, 1.165) is 15.8 Å². The zero-order valence-electron chi connectivity index (χ0n) is 9.46. The largest absolute Gasteiger partial charge is 0.324 e. The lowest BCUT2D eigenvalue weighted by Gasteiger charge is -2.30. The van der Waals surface area contributed by atoms with Gasteiger partial charge in [0.1, 0.15) is 0 Å². The fraction of sp³-hybridized carbons (Fsp3) is 0.667. The Morgan fingerprint density at radius 3 is 2.94 bits per heavy atom. The number of halogens is 3. The van der Waals surface area contributed by atoms with E-state index in [1.807, 2.05) is 11.4 Å². The predicted molar refractivity (Wildman–Crippen MR) is 70.5 cm³/mol. The van der Waals surface area contributed by atoms with Crippen LogP contribution in [0.2, 0.25) is 0 Å². The maximum Gasteiger partial charge on any atom is 0.248 e. The first-order valence-electron chi connectivity index (χ1n) is 5.83. The molecule has 0 bridgehead atoms. The van der Waals surface area contributed by atoms with Crippen molar-refractivity contribution in [1.29, 1.82) is 0 Å². The summed E-state index contributed by atoms with van der Waals surface area (Å²) in [6, 6.07) is 1.87. The molecule has 1 saturated carbocycles. The second-order valence-corrected chi connectivity index (χ2v) is 7.14. The van der Waals surface area contributed by atoms with Gasteiger partial charge in [-0.3, -0.25) is 0 Å². The van der Waals surface area contributed by atoms with Crippen LogP contribution in [0.5, 0.6) is 0 Å². The molecule has 2 N–H and O–H groups in total. The fourth-order valence-corrected chi connectivity index (χ4v) is 3.73. The minimum atomic E-state index is -2.47. The Balaban J connectivity index is 1.92. The molecule has 1 fully saturated rings. The van der Waals surface area contributed by atoms with Crippen molar-refractivity contribution in [2.75, 3.05) is 0 Å². The Morgan fingerprint density at radius 2 is 2.35 bits per heavy atom. The molecule has 1 aromatic heterocycles. The topological polar surface area (TPSA) is 26.0 Å². The van der Waals surface area contributed by atoms with Crippen LogP contribution < -0.4 is 5.73 Å². The molecular weight excluding hydrogens is 308 g/mol. The predicted octanol–water partition coefficient (Wildman–Crippen LogP) is 4.73. The summed E-state index contributed by atoms with van der Waals surface area (Å²) in [5.74, 6) is -2.41. The molecule has 17 heavy (non-hydrogen) atoms. The molecule has 0 aliphatic heterocycles. The maximum absolute atomic E-state index is 13.3. The molecule has 1 heterocycles. The highest BCUT2D eigenvalue weighted by atomic mass is 79.9. The third-order valence-corrected chi connectivity index (χ3v) is 4.87. The van der Waals surface area contributed by atoms with Crippen LogP contribution in [-0.4, -0.2) is 5.92 Å². The maximum atomic E-state index is 13.3. The van der Waals surface area contributed by atoms with Gasteiger partial charge < -0.3 is 5.73 Å². The van der Waals surface area contributed by atoms with Gasteiger partial charge in [0.05, 0.1) is 3.79 Å². The van der Waals surface area contributed by atoms with E-state index in [9.17, 15) is 8.78 Å². The molecule has 2 rings (SSSR count). The standard InChI is InChI=1S/C12H16BrF2NS/c13-11-5-9(7-17-11)10(16)4-8-2-1-3-12(14,15)6-8/h5,7-8,10H,1-4,6,16H2. The zero-order valence-corrected chi connectivity index (χ0v) is 11.9. The molecule has 2 unspecified atom stereocenters. The van der Waals surface area contributed by atoms with Gasteiger partial charge >= 0.3 is 0 Å². The van der Waals surface area contributed by atoms with Crippen molar-refractivity contribution in [3.05, 3.63) is 20.8 Å². The fourth-order valence-electron chi connectivity index (χ4n) is 2.49. The highest BCUT2D eigenvalue weighted by molar-refractivity contribution is 9.11. The van der Waals surface area contributed by atoms with Crippen LogP contribution in [0.3, 0.4) is 0 Å². The van der Waals surface area contributed by atoms with Gasteiger partial charge in [-0.15, -0.1) is 11.3 Å². The molecule has 1 nitrogen and oxygen atoms in total. The Hall–Kier alpha value is -0.000000000000000111. The Morgan fingerprint density at radius 1 is 1.59 bits per heavy atom. The SMILES string of the molecule is NC(CC1CCCC(F)(F)C1)c1csc(Br)c1. The summed E-state index contributed by atoms with van der Waals surface area (Å²) in [6.07, 6.45) is 2.22. The van der Waals surface area contributed by atoms with Crippen LogP contribution in [0.4, 0.5) is 8.78 Å². The van der Waals surface area contributed by atoms with Crippen LogP contribution >= 0.6 is 27.3 Å². The normalized spacial score (nSPS) is 25.8. The summed E-state index contributed by atoms with van der Waals surface area (Å²) in [7, 11) is 0.